The quantitative estimate of drug-likeness (QED) is 0.804. The second-order valence-electron chi connectivity index (χ2n) is 3.78. The molecule has 0 amide bonds. The Kier molecular flexibility index (Phi) is 3.63. The first-order valence-corrected chi connectivity index (χ1v) is 6.31. The summed E-state index contributed by atoms with van der Waals surface area (Å²) in [6.45, 7) is 0. The van der Waals surface area contributed by atoms with Gasteiger partial charge in [0.15, 0.2) is 11.6 Å². The molecule has 1 heterocycles. The molecule has 0 aromatic heterocycles. The van der Waals surface area contributed by atoms with Crippen LogP contribution in [0.4, 0.5) is 18.9 Å². The van der Waals surface area contributed by atoms with E-state index in [2.05, 4.69) is 5.32 Å². The molecule has 1 aromatic carbocycles. The first-order chi connectivity index (χ1) is 7.66. The number of nitrogens with one attached hydrogen (secondary N) is 1. The molecule has 0 radical (unpaired) electrons. The molecule has 0 aliphatic carbocycles. The predicted molar refractivity (Wildman–Crippen MR) is 60.3 cm³/mol. The standard InChI is InChI=1S/C11H12F3NS/c12-8-5-10(14)11(6-9(8)13)15-7-1-3-16-4-2-7/h5-7,15H,1-4H2. The van der Waals surface area contributed by atoms with Crippen LogP contribution in [0.3, 0.4) is 0 Å². The van der Waals surface area contributed by atoms with Gasteiger partial charge in [0, 0.05) is 18.2 Å². The Morgan fingerprint density at radius 2 is 1.62 bits per heavy atom. The van der Waals surface area contributed by atoms with Gasteiger partial charge >= 0.3 is 0 Å². The molecule has 1 nitrogen and oxygen atoms in total. The van der Waals surface area contributed by atoms with Gasteiger partial charge in [-0.3, -0.25) is 0 Å². The highest BCUT2D eigenvalue weighted by atomic mass is 32.2. The number of hydrogen-bond acceptors (Lipinski definition) is 2. The Hall–Kier alpha value is -0.840. The molecular formula is C11H12F3NS. The summed E-state index contributed by atoms with van der Waals surface area (Å²) in [6.07, 6.45) is 1.84. The maximum atomic E-state index is 13.3. The summed E-state index contributed by atoms with van der Waals surface area (Å²) in [5, 5.41) is 2.92. The van der Waals surface area contributed by atoms with E-state index in [1.807, 2.05) is 11.8 Å². The summed E-state index contributed by atoms with van der Waals surface area (Å²) in [6, 6.07) is 1.61. The summed E-state index contributed by atoms with van der Waals surface area (Å²) in [5.74, 6) is -0.875. The van der Waals surface area contributed by atoms with Gasteiger partial charge in [-0.25, -0.2) is 13.2 Å². The fourth-order valence-electron chi connectivity index (χ4n) is 1.70. The average Bonchev–Trinajstić information content (AvgIpc) is 2.27. The molecule has 1 aliphatic rings. The van der Waals surface area contributed by atoms with E-state index in [0.717, 1.165) is 30.4 Å². The number of rotatable bonds is 2. The maximum Gasteiger partial charge on any atom is 0.161 e. The van der Waals surface area contributed by atoms with Gasteiger partial charge in [-0.05, 0) is 24.3 Å². The van der Waals surface area contributed by atoms with Crippen LogP contribution in [-0.2, 0) is 0 Å². The Bertz CT molecular complexity index is 378. The van der Waals surface area contributed by atoms with Gasteiger partial charge in [0.2, 0.25) is 0 Å². The van der Waals surface area contributed by atoms with E-state index in [0.29, 0.717) is 6.07 Å². The molecule has 2 rings (SSSR count). The zero-order chi connectivity index (χ0) is 11.5. The maximum absolute atomic E-state index is 13.3. The molecule has 0 saturated carbocycles. The number of benzene rings is 1. The molecule has 1 fully saturated rings. The smallest absolute Gasteiger partial charge is 0.161 e. The fraction of sp³-hybridized carbons (Fsp3) is 0.455. The summed E-state index contributed by atoms with van der Waals surface area (Å²) < 4.78 is 38.9. The zero-order valence-corrected chi connectivity index (χ0v) is 9.42. The normalized spacial score (nSPS) is 17.4. The van der Waals surface area contributed by atoms with Crippen molar-refractivity contribution < 1.29 is 13.2 Å². The van der Waals surface area contributed by atoms with Crippen LogP contribution >= 0.6 is 11.8 Å². The first-order valence-electron chi connectivity index (χ1n) is 5.15. The van der Waals surface area contributed by atoms with Crippen LogP contribution in [0.25, 0.3) is 0 Å². The lowest BCUT2D eigenvalue weighted by molar-refractivity contribution is 0.495. The van der Waals surface area contributed by atoms with Crippen LogP contribution in [0.15, 0.2) is 12.1 Å². The van der Waals surface area contributed by atoms with Crippen LogP contribution in [-0.4, -0.2) is 17.5 Å². The predicted octanol–water partition coefficient (Wildman–Crippen LogP) is 3.41. The van der Waals surface area contributed by atoms with E-state index in [4.69, 9.17) is 0 Å². The third-order valence-corrected chi connectivity index (χ3v) is 3.64. The van der Waals surface area contributed by atoms with Gasteiger partial charge in [-0.2, -0.15) is 11.8 Å². The van der Waals surface area contributed by atoms with Crippen molar-refractivity contribution in [3.63, 3.8) is 0 Å². The van der Waals surface area contributed by atoms with Crippen LogP contribution < -0.4 is 5.32 Å². The molecule has 1 aromatic rings. The average molecular weight is 247 g/mol. The molecule has 0 bridgehead atoms. The molecule has 0 atom stereocenters. The van der Waals surface area contributed by atoms with Crippen molar-refractivity contribution in [2.45, 2.75) is 18.9 Å². The monoisotopic (exact) mass is 247 g/mol. The van der Waals surface area contributed by atoms with E-state index < -0.39 is 17.5 Å². The van der Waals surface area contributed by atoms with E-state index in [1.165, 1.54) is 0 Å². The summed E-state index contributed by atoms with van der Waals surface area (Å²) >= 11 is 1.85. The minimum atomic E-state index is -1.15. The lowest BCUT2D eigenvalue weighted by Gasteiger charge is -2.23. The minimum absolute atomic E-state index is 0.0517. The molecule has 16 heavy (non-hydrogen) atoms. The van der Waals surface area contributed by atoms with E-state index >= 15 is 0 Å². The Balaban J connectivity index is 2.11. The second kappa shape index (κ2) is 4.99. The molecule has 1 N–H and O–H groups in total. The fourth-order valence-corrected chi connectivity index (χ4v) is 2.80. The van der Waals surface area contributed by atoms with Gasteiger partial charge in [-0.1, -0.05) is 0 Å². The Morgan fingerprint density at radius 3 is 2.31 bits per heavy atom. The molecule has 1 aliphatic heterocycles. The van der Waals surface area contributed by atoms with Crippen molar-refractivity contribution >= 4 is 17.4 Å². The Morgan fingerprint density at radius 1 is 1.00 bits per heavy atom. The Labute approximate surface area is 96.4 Å². The molecule has 0 unspecified atom stereocenters. The molecular weight excluding hydrogens is 235 g/mol. The third kappa shape index (κ3) is 2.64. The van der Waals surface area contributed by atoms with Crippen molar-refractivity contribution in [2.75, 3.05) is 16.8 Å². The third-order valence-electron chi connectivity index (χ3n) is 2.59. The highest BCUT2D eigenvalue weighted by molar-refractivity contribution is 7.99. The van der Waals surface area contributed by atoms with Crippen LogP contribution in [0.2, 0.25) is 0 Å². The number of halogens is 3. The van der Waals surface area contributed by atoms with Crippen molar-refractivity contribution in [2.24, 2.45) is 0 Å². The topological polar surface area (TPSA) is 12.0 Å². The highest BCUT2D eigenvalue weighted by Crippen LogP contribution is 2.24. The molecule has 0 spiro atoms. The SMILES string of the molecule is Fc1cc(F)c(NC2CCSCC2)cc1F. The lowest BCUT2D eigenvalue weighted by Crippen LogP contribution is -2.25. The van der Waals surface area contributed by atoms with Crippen molar-refractivity contribution in [1.82, 2.24) is 0 Å². The van der Waals surface area contributed by atoms with Crippen LogP contribution in [0, 0.1) is 17.5 Å². The zero-order valence-electron chi connectivity index (χ0n) is 8.60. The van der Waals surface area contributed by atoms with E-state index in [9.17, 15) is 13.2 Å². The number of hydrogen-bond donors (Lipinski definition) is 1. The van der Waals surface area contributed by atoms with Gasteiger partial charge in [0.05, 0.1) is 5.69 Å². The summed E-state index contributed by atoms with van der Waals surface area (Å²) in [7, 11) is 0. The number of anilines is 1. The van der Waals surface area contributed by atoms with Gasteiger partial charge in [-0.15, -0.1) is 0 Å². The van der Waals surface area contributed by atoms with Crippen LogP contribution in [0.5, 0.6) is 0 Å². The minimum Gasteiger partial charge on any atom is -0.380 e. The van der Waals surface area contributed by atoms with Gasteiger partial charge in [0.1, 0.15) is 5.82 Å². The number of thioether (sulfide) groups is 1. The largest absolute Gasteiger partial charge is 0.380 e. The summed E-state index contributed by atoms with van der Waals surface area (Å²) in [5.41, 5.74) is 0.0517. The summed E-state index contributed by atoms with van der Waals surface area (Å²) in [4.78, 5) is 0. The highest BCUT2D eigenvalue weighted by Gasteiger charge is 2.16. The van der Waals surface area contributed by atoms with Crippen molar-refractivity contribution in [3.8, 4) is 0 Å². The molecule has 5 heteroatoms. The molecule has 88 valence electrons. The van der Waals surface area contributed by atoms with E-state index in [1.54, 1.807) is 0 Å². The first kappa shape index (κ1) is 11.6. The van der Waals surface area contributed by atoms with Crippen molar-refractivity contribution in [1.29, 1.82) is 0 Å². The molecule has 1 saturated heterocycles. The lowest BCUT2D eigenvalue weighted by atomic mass is 10.1. The van der Waals surface area contributed by atoms with Crippen molar-refractivity contribution in [3.05, 3.63) is 29.6 Å². The van der Waals surface area contributed by atoms with Gasteiger partial charge < -0.3 is 5.32 Å². The second-order valence-corrected chi connectivity index (χ2v) is 5.00. The van der Waals surface area contributed by atoms with E-state index in [-0.39, 0.29) is 11.7 Å². The van der Waals surface area contributed by atoms with Gasteiger partial charge in [0.25, 0.3) is 0 Å². The van der Waals surface area contributed by atoms with Crippen LogP contribution in [0.1, 0.15) is 12.8 Å².